The molecule has 0 radical (unpaired) electrons. The van der Waals surface area contributed by atoms with Crippen molar-refractivity contribution in [1.82, 2.24) is 9.88 Å². The second-order valence-corrected chi connectivity index (χ2v) is 7.43. The number of carbonyl (C=O) groups excluding carboxylic acids is 2. The van der Waals surface area contributed by atoms with Gasteiger partial charge in [-0.05, 0) is 43.2 Å². The highest BCUT2D eigenvalue weighted by molar-refractivity contribution is 6.38. The van der Waals surface area contributed by atoms with Gasteiger partial charge in [-0.3, -0.25) is 9.59 Å². The monoisotopic (exact) mass is 399 g/mol. The van der Waals surface area contributed by atoms with Crippen LogP contribution in [0.2, 0.25) is 5.02 Å². The molecule has 0 aliphatic carbocycles. The lowest BCUT2D eigenvalue weighted by atomic mass is 10.1. The van der Waals surface area contributed by atoms with Gasteiger partial charge in [0.1, 0.15) is 11.5 Å². The Morgan fingerprint density at radius 3 is 2.79 bits per heavy atom. The number of carbonyl (C=O) groups is 2. The van der Waals surface area contributed by atoms with Crippen molar-refractivity contribution in [2.75, 3.05) is 18.4 Å². The van der Waals surface area contributed by atoms with Crippen LogP contribution < -0.4 is 5.32 Å². The number of nitrogens with one attached hydrogen (secondary N) is 2. The normalized spacial score (nSPS) is 16.5. The van der Waals surface area contributed by atoms with Crippen LogP contribution in [-0.2, 0) is 4.79 Å². The third-order valence-corrected chi connectivity index (χ3v) is 5.52. The minimum absolute atomic E-state index is 0.177. The number of aryl methyl sites for hydroxylation is 1. The Labute approximate surface area is 166 Å². The first kappa shape index (κ1) is 18.5. The van der Waals surface area contributed by atoms with Crippen LogP contribution in [0.4, 0.5) is 10.1 Å². The minimum Gasteiger partial charge on any atom is -0.349 e. The number of para-hydroxylation sites is 1. The fourth-order valence-electron chi connectivity index (χ4n) is 3.54. The molecule has 0 bridgehead atoms. The van der Waals surface area contributed by atoms with E-state index in [0.717, 1.165) is 10.9 Å². The maximum Gasteiger partial charge on any atom is 0.271 e. The summed E-state index contributed by atoms with van der Waals surface area (Å²) in [6, 6.07) is 11.9. The van der Waals surface area contributed by atoms with Gasteiger partial charge in [-0.1, -0.05) is 29.8 Å². The van der Waals surface area contributed by atoms with E-state index in [-0.39, 0.29) is 23.5 Å². The molecule has 0 saturated carbocycles. The molecule has 1 aliphatic rings. The maximum absolute atomic E-state index is 13.4. The van der Waals surface area contributed by atoms with E-state index >= 15 is 0 Å². The number of hydrogen-bond donors (Lipinski definition) is 2. The highest BCUT2D eigenvalue weighted by Crippen LogP contribution is 2.29. The van der Waals surface area contributed by atoms with Gasteiger partial charge < -0.3 is 15.2 Å². The van der Waals surface area contributed by atoms with Gasteiger partial charge >= 0.3 is 0 Å². The summed E-state index contributed by atoms with van der Waals surface area (Å²) in [4.78, 5) is 30.1. The Morgan fingerprint density at radius 1 is 1.25 bits per heavy atom. The summed E-state index contributed by atoms with van der Waals surface area (Å²) in [6.07, 6.45) is 0.565. The predicted octanol–water partition coefficient (Wildman–Crippen LogP) is 4.37. The van der Waals surface area contributed by atoms with Crippen molar-refractivity contribution >= 4 is 40.0 Å². The third kappa shape index (κ3) is 3.36. The van der Waals surface area contributed by atoms with Crippen LogP contribution in [-0.4, -0.2) is 34.8 Å². The molecular formula is C21H19ClFN3O2. The maximum atomic E-state index is 13.4. The van der Waals surface area contributed by atoms with Crippen molar-refractivity contribution in [2.24, 2.45) is 5.92 Å². The van der Waals surface area contributed by atoms with Crippen molar-refractivity contribution in [3.05, 3.63) is 64.6 Å². The van der Waals surface area contributed by atoms with Crippen LogP contribution in [0.3, 0.4) is 0 Å². The van der Waals surface area contributed by atoms with E-state index in [2.05, 4.69) is 10.3 Å². The number of H-pyrrole nitrogens is 1. The fraction of sp³-hybridized carbons (Fsp3) is 0.238. The molecule has 0 spiro atoms. The van der Waals surface area contributed by atoms with E-state index in [1.165, 1.54) is 12.1 Å². The van der Waals surface area contributed by atoms with Gasteiger partial charge in [0, 0.05) is 29.7 Å². The SMILES string of the molecule is Cc1cc(NC(=O)[C@H]2CCN(C(=O)c3[nH]c4ccccc4c3Cl)C2)ccc1F. The summed E-state index contributed by atoms with van der Waals surface area (Å²) < 4.78 is 13.4. The Kier molecular flexibility index (Phi) is 4.81. The van der Waals surface area contributed by atoms with Crippen molar-refractivity contribution in [1.29, 1.82) is 0 Å². The molecule has 2 heterocycles. The summed E-state index contributed by atoms with van der Waals surface area (Å²) in [5, 5.41) is 4.00. The smallest absolute Gasteiger partial charge is 0.271 e. The van der Waals surface area contributed by atoms with Gasteiger partial charge in [-0.25, -0.2) is 4.39 Å². The molecule has 4 rings (SSSR count). The molecular weight excluding hydrogens is 381 g/mol. The van der Waals surface area contributed by atoms with Gasteiger partial charge in [-0.2, -0.15) is 0 Å². The number of fused-ring (bicyclic) bond motifs is 1. The van der Waals surface area contributed by atoms with Gasteiger partial charge in [-0.15, -0.1) is 0 Å². The Balaban J connectivity index is 1.45. The largest absolute Gasteiger partial charge is 0.349 e. The van der Waals surface area contributed by atoms with Crippen molar-refractivity contribution in [3.63, 3.8) is 0 Å². The number of hydrogen-bond acceptors (Lipinski definition) is 2. The topological polar surface area (TPSA) is 65.2 Å². The molecule has 3 aromatic rings. The lowest BCUT2D eigenvalue weighted by Crippen LogP contribution is -2.31. The molecule has 1 atom stereocenters. The summed E-state index contributed by atoms with van der Waals surface area (Å²) >= 11 is 6.38. The van der Waals surface area contributed by atoms with E-state index in [0.29, 0.717) is 41.5 Å². The van der Waals surface area contributed by atoms with E-state index in [1.54, 1.807) is 17.9 Å². The first-order valence-corrected chi connectivity index (χ1v) is 9.44. The molecule has 28 heavy (non-hydrogen) atoms. The van der Waals surface area contributed by atoms with Crippen LogP contribution in [0.1, 0.15) is 22.5 Å². The highest BCUT2D eigenvalue weighted by Gasteiger charge is 2.33. The van der Waals surface area contributed by atoms with Crippen LogP contribution in [0, 0.1) is 18.7 Å². The average molecular weight is 400 g/mol. The second kappa shape index (κ2) is 7.28. The number of aromatic nitrogens is 1. The fourth-order valence-corrected chi connectivity index (χ4v) is 3.83. The lowest BCUT2D eigenvalue weighted by Gasteiger charge is -2.16. The molecule has 0 unspecified atom stereocenters. The molecule has 144 valence electrons. The van der Waals surface area contributed by atoms with Gasteiger partial charge in [0.15, 0.2) is 0 Å². The second-order valence-electron chi connectivity index (χ2n) is 7.05. The Morgan fingerprint density at radius 2 is 2.04 bits per heavy atom. The number of anilines is 1. The van der Waals surface area contributed by atoms with Gasteiger partial charge in [0.25, 0.3) is 5.91 Å². The van der Waals surface area contributed by atoms with E-state index in [9.17, 15) is 14.0 Å². The summed E-state index contributed by atoms with van der Waals surface area (Å²) in [5.41, 5.74) is 2.16. The Hall–Kier alpha value is -2.86. The summed E-state index contributed by atoms with van der Waals surface area (Å²) in [6.45, 7) is 2.44. The van der Waals surface area contributed by atoms with Gasteiger partial charge in [0.2, 0.25) is 5.91 Å². The van der Waals surface area contributed by atoms with Crippen molar-refractivity contribution < 1.29 is 14.0 Å². The van der Waals surface area contributed by atoms with E-state index in [1.807, 2.05) is 24.3 Å². The first-order valence-electron chi connectivity index (χ1n) is 9.06. The van der Waals surface area contributed by atoms with E-state index < -0.39 is 0 Å². The van der Waals surface area contributed by atoms with Crippen LogP contribution >= 0.6 is 11.6 Å². The number of halogens is 2. The predicted molar refractivity (Wildman–Crippen MR) is 107 cm³/mol. The molecule has 7 heteroatoms. The van der Waals surface area contributed by atoms with Crippen LogP contribution in [0.5, 0.6) is 0 Å². The molecule has 2 N–H and O–H groups in total. The molecule has 1 aromatic heterocycles. The summed E-state index contributed by atoms with van der Waals surface area (Å²) in [7, 11) is 0. The minimum atomic E-state index is -0.322. The Bertz CT molecular complexity index is 1080. The van der Waals surface area contributed by atoms with Crippen LogP contribution in [0.15, 0.2) is 42.5 Å². The van der Waals surface area contributed by atoms with E-state index in [4.69, 9.17) is 11.6 Å². The van der Waals surface area contributed by atoms with Crippen LogP contribution in [0.25, 0.3) is 10.9 Å². The molecule has 1 aliphatic heterocycles. The molecule has 2 aromatic carbocycles. The quantitative estimate of drug-likeness (QED) is 0.686. The molecule has 1 fully saturated rings. The number of nitrogens with zero attached hydrogens (tertiary/aromatic N) is 1. The number of rotatable bonds is 3. The van der Waals surface area contributed by atoms with Crippen molar-refractivity contribution in [3.8, 4) is 0 Å². The third-order valence-electron chi connectivity index (χ3n) is 5.13. The number of amides is 2. The highest BCUT2D eigenvalue weighted by atomic mass is 35.5. The number of benzene rings is 2. The van der Waals surface area contributed by atoms with Gasteiger partial charge in [0.05, 0.1) is 10.9 Å². The number of likely N-dealkylation sites (tertiary alicyclic amines) is 1. The molecule has 2 amide bonds. The lowest BCUT2D eigenvalue weighted by molar-refractivity contribution is -0.119. The molecule has 1 saturated heterocycles. The zero-order valence-corrected chi connectivity index (χ0v) is 16.0. The van der Waals surface area contributed by atoms with Crippen molar-refractivity contribution in [2.45, 2.75) is 13.3 Å². The zero-order valence-electron chi connectivity index (χ0n) is 15.3. The standard InChI is InChI=1S/C21H19ClFN3O2/c1-12-10-14(6-7-16(12)23)24-20(27)13-8-9-26(11-13)21(28)19-18(22)15-4-2-3-5-17(15)25-19/h2-7,10,13,25H,8-9,11H2,1H3,(H,24,27)/t13-/m0/s1. The summed E-state index contributed by atoms with van der Waals surface area (Å²) in [5.74, 6) is -1.03. The average Bonchev–Trinajstić information content (AvgIpc) is 3.30. The number of aromatic amines is 1. The first-order chi connectivity index (χ1) is 13.4. The molecule has 5 nitrogen and oxygen atoms in total. The zero-order chi connectivity index (χ0) is 19.8.